The Balaban J connectivity index is 1.93. The van der Waals surface area contributed by atoms with E-state index < -0.39 is 0 Å². The predicted octanol–water partition coefficient (Wildman–Crippen LogP) is 2.11. The number of amides is 2. The van der Waals surface area contributed by atoms with Crippen LogP contribution in [0.15, 0.2) is 12.4 Å². The van der Waals surface area contributed by atoms with Gasteiger partial charge in [-0.1, -0.05) is 13.3 Å². The average Bonchev–Trinajstić information content (AvgIpc) is 2.69. The molecular formula is C13H22N4O. The summed E-state index contributed by atoms with van der Waals surface area (Å²) in [7, 11) is 1.95. The molecule has 1 unspecified atom stereocenters. The van der Waals surface area contributed by atoms with Crippen molar-refractivity contribution >= 4 is 6.03 Å². The molecule has 2 N–H and O–H groups in total. The Labute approximate surface area is 108 Å². The highest BCUT2D eigenvalue weighted by Gasteiger charge is 2.22. The van der Waals surface area contributed by atoms with Crippen LogP contribution in [-0.2, 0) is 7.05 Å². The first-order valence-corrected chi connectivity index (χ1v) is 6.75. The van der Waals surface area contributed by atoms with Crippen molar-refractivity contribution in [1.29, 1.82) is 0 Å². The molecule has 1 atom stereocenters. The Morgan fingerprint density at radius 1 is 1.61 bits per heavy atom. The van der Waals surface area contributed by atoms with Crippen LogP contribution in [0.3, 0.4) is 0 Å². The van der Waals surface area contributed by atoms with Gasteiger partial charge in [0.05, 0.1) is 6.04 Å². The van der Waals surface area contributed by atoms with Gasteiger partial charge >= 0.3 is 6.03 Å². The molecule has 2 amide bonds. The number of hydrogen-bond donors (Lipinski definition) is 2. The van der Waals surface area contributed by atoms with Crippen molar-refractivity contribution in [2.24, 2.45) is 7.05 Å². The van der Waals surface area contributed by atoms with Crippen LogP contribution in [0.4, 0.5) is 4.79 Å². The molecule has 0 radical (unpaired) electrons. The molecule has 0 spiro atoms. The molecule has 0 aliphatic heterocycles. The normalized spacial score (nSPS) is 17.0. The minimum atomic E-state index is -0.0684. The Hall–Kier alpha value is -1.52. The van der Waals surface area contributed by atoms with Crippen LogP contribution >= 0.6 is 0 Å². The van der Waals surface area contributed by atoms with Gasteiger partial charge in [-0.05, 0) is 25.7 Å². The molecule has 1 aliphatic carbocycles. The number of carbonyl (C=O) groups excluding carboxylic acids is 1. The van der Waals surface area contributed by atoms with E-state index in [9.17, 15) is 4.79 Å². The largest absolute Gasteiger partial charge is 0.336 e. The molecule has 2 rings (SSSR count). The van der Waals surface area contributed by atoms with Gasteiger partial charge in [-0.2, -0.15) is 0 Å². The summed E-state index contributed by atoms with van der Waals surface area (Å²) in [5.41, 5.74) is 0. The van der Waals surface area contributed by atoms with Gasteiger partial charge in [0.1, 0.15) is 5.82 Å². The van der Waals surface area contributed by atoms with Gasteiger partial charge in [-0.15, -0.1) is 0 Å². The van der Waals surface area contributed by atoms with Crippen LogP contribution < -0.4 is 10.6 Å². The lowest BCUT2D eigenvalue weighted by Gasteiger charge is -2.27. The Morgan fingerprint density at radius 3 is 2.89 bits per heavy atom. The monoisotopic (exact) mass is 250 g/mol. The summed E-state index contributed by atoms with van der Waals surface area (Å²) in [6, 6.07) is 0.296. The molecule has 1 heterocycles. The fourth-order valence-corrected chi connectivity index (χ4v) is 2.21. The molecule has 1 fully saturated rings. The lowest BCUT2D eigenvalue weighted by Crippen LogP contribution is -2.46. The first-order chi connectivity index (χ1) is 8.70. The van der Waals surface area contributed by atoms with Crippen molar-refractivity contribution in [3.8, 4) is 0 Å². The summed E-state index contributed by atoms with van der Waals surface area (Å²) in [5.74, 6) is 0.917. The predicted molar refractivity (Wildman–Crippen MR) is 70.2 cm³/mol. The third-order valence-electron chi connectivity index (χ3n) is 3.49. The number of aryl methyl sites for hydroxylation is 1. The summed E-state index contributed by atoms with van der Waals surface area (Å²) in [5, 5.41) is 6.03. The number of nitrogens with zero attached hydrogens (tertiary/aromatic N) is 2. The summed E-state index contributed by atoms with van der Waals surface area (Å²) in [4.78, 5) is 16.2. The van der Waals surface area contributed by atoms with Crippen molar-refractivity contribution in [2.45, 2.75) is 51.1 Å². The third-order valence-corrected chi connectivity index (χ3v) is 3.49. The molecule has 1 aromatic heterocycles. The fourth-order valence-electron chi connectivity index (χ4n) is 2.21. The first-order valence-electron chi connectivity index (χ1n) is 6.75. The molecule has 0 bridgehead atoms. The maximum Gasteiger partial charge on any atom is 0.315 e. The van der Waals surface area contributed by atoms with Crippen molar-refractivity contribution in [1.82, 2.24) is 20.2 Å². The number of imidazole rings is 1. The van der Waals surface area contributed by atoms with E-state index in [4.69, 9.17) is 0 Å². The molecule has 5 heteroatoms. The third kappa shape index (κ3) is 3.03. The van der Waals surface area contributed by atoms with Gasteiger partial charge in [-0.25, -0.2) is 9.78 Å². The molecule has 1 aliphatic rings. The molecular weight excluding hydrogens is 228 g/mol. The number of aromatic nitrogens is 2. The van der Waals surface area contributed by atoms with Crippen molar-refractivity contribution in [2.75, 3.05) is 0 Å². The zero-order valence-corrected chi connectivity index (χ0v) is 11.1. The van der Waals surface area contributed by atoms with Gasteiger partial charge in [-0.3, -0.25) is 0 Å². The second-order valence-corrected chi connectivity index (χ2v) is 4.98. The summed E-state index contributed by atoms with van der Waals surface area (Å²) in [6.07, 6.45) is 9.03. The first kappa shape index (κ1) is 12.9. The van der Waals surface area contributed by atoms with Gasteiger partial charge in [0, 0.05) is 25.5 Å². The summed E-state index contributed by atoms with van der Waals surface area (Å²) in [6.45, 7) is 2.11. The second-order valence-electron chi connectivity index (χ2n) is 4.98. The molecule has 0 saturated heterocycles. The number of nitrogens with one attached hydrogen (secondary N) is 2. The van der Waals surface area contributed by atoms with E-state index in [0.29, 0.717) is 6.04 Å². The van der Waals surface area contributed by atoms with Gasteiger partial charge in [0.15, 0.2) is 0 Å². The van der Waals surface area contributed by atoms with E-state index in [0.717, 1.165) is 31.5 Å². The van der Waals surface area contributed by atoms with Crippen LogP contribution in [0.25, 0.3) is 0 Å². The Bertz CT molecular complexity index is 397. The minimum absolute atomic E-state index is 0.00456. The number of carbonyl (C=O) groups is 1. The zero-order valence-electron chi connectivity index (χ0n) is 11.1. The molecule has 1 aromatic rings. The lowest BCUT2D eigenvalue weighted by atomic mass is 9.93. The fraction of sp³-hybridized carbons (Fsp3) is 0.692. The maximum absolute atomic E-state index is 11.9. The highest BCUT2D eigenvalue weighted by molar-refractivity contribution is 5.74. The van der Waals surface area contributed by atoms with Crippen LogP contribution in [0, 0.1) is 0 Å². The van der Waals surface area contributed by atoms with Crippen molar-refractivity contribution in [3.63, 3.8) is 0 Å². The Morgan fingerprint density at radius 2 is 2.39 bits per heavy atom. The van der Waals surface area contributed by atoms with Crippen molar-refractivity contribution in [3.05, 3.63) is 18.2 Å². The SMILES string of the molecule is CCCC(NC(=O)NC1CCC1)c1nccn1C. The topological polar surface area (TPSA) is 59.0 Å². The van der Waals surface area contributed by atoms with Gasteiger partial charge < -0.3 is 15.2 Å². The number of hydrogen-bond acceptors (Lipinski definition) is 2. The smallest absolute Gasteiger partial charge is 0.315 e. The molecule has 5 nitrogen and oxygen atoms in total. The van der Waals surface area contributed by atoms with Crippen LogP contribution in [0.2, 0.25) is 0 Å². The standard InChI is InChI=1S/C13H22N4O/c1-3-5-11(12-14-8-9-17(12)2)16-13(18)15-10-6-4-7-10/h8-11H,3-7H2,1-2H3,(H2,15,16,18). The van der Waals surface area contributed by atoms with Gasteiger partial charge in [0.25, 0.3) is 0 Å². The van der Waals surface area contributed by atoms with E-state index in [1.807, 2.05) is 17.8 Å². The van der Waals surface area contributed by atoms with Crippen LogP contribution in [0.1, 0.15) is 50.9 Å². The van der Waals surface area contributed by atoms with E-state index >= 15 is 0 Å². The number of urea groups is 1. The second kappa shape index (κ2) is 5.89. The quantitative estimate of drug-likeness (QED) is 0.841. The van der Waals surface area contributed by atoms with Gasteiger partial charge in [0.2, 0.25) is 0 Å². The average molecular weight is 250 g/mol. The van der Waals surface area contributed by atoms with E-state index in [2.05, 4.69) is 22.5 Å². The highest BCUT2D eigenvalue weighted by atomic mass is 16.2. The van der Waals surface area contributed by atoms with Crippen LogP contribution in [-0.4, -0.2) is 21.6 Å². The summed E-state index contributed by atoms with van der Waals surface area (Å²) < 4.78 is 1.96. The van der Waals surface area contributed by atoms with E-state index in [1.165, 1.54) is 6.42 Å². The molecule has 1 saturated carbocycles. The molecule has 100 valence electrons. The number of rotatable bonds is 5. The highest BCUT2D eigenvalue weighted by Crippen LogP contribution is 2.19. The zero-order chi connectivity index (χ0) is 13.0. The minimum Gasteiger partial charge on any atom is -0.336 e. The maximum atomic E-state index is 11.9. The van der Waals surface area contributed by atoms with Crippen LogP contribution in [0.5, 0.6) is 0 Å². The van der Waals surface area contributed by atoms with E-state index in [1.54, 1.807) is 6.20 Å². The van der Waals surface area contributed by atoms with Crippen molar-refractivity contribution < 1.29 is 4.79 Å². The summed E-state index contributed by atoms with van der Waals surface area (Å²) >= 11 is 0. The molecule has 0 aromatic carbocycles. The van der Waals surface area contributed by atoms with E-state index in [-0.39, 0.29) is 12.1 Å². The Kier molecular flexibility index (Phi) is 4.23. The lowest BCUT2D eigenvalue weighted by molar-refractivity contribution is 0.223. The molecule has 18 heavy (non-hydrogen) atoms.